The number of rotatable bonds is 11. The summed E-state index contributed by atoms with van der Waals surface area (Å²) in [5, 5.41) is 11.1. The van der Waals surface area contributed by atoms with Crippen LogP contribution in [0.3, 0.4) is 0 Å². The van der Waals surface area contributed by atoms with E-state index in [1.54, 1.807) is 24.0 Å². The van der Waals surface area contributed by atoms with E-state index < -0.39 is 0 Å². The number of nitrogens with one attached hydrogen (secondary N) is 2. The Morgan fingerprint density at radius 2 is 1.97 bits per heavy atom. The number of hydrogen-bond donors (Lipinski definition) is 2. The monoisotopic (exact) mass is 517 g/mol. The molecule has 1 saturated heterocycles. The van der Waals surface area contributed by atoms with Gasteiger partial charge in [-0.15, -0.1) is 0 Å². The molecule has 0 saturated carbocycles. The molecular formula is C26H39N5O2S2. The standard InChI is InChI=1S/C26H39N5O2S2/c1-26(2,35-34-5)10-8-25(32)30-14-12-29(13-15-30)18-20-6-7-21(24(16-20)33-4)19-31-11-9-22(27)23(31)17-28-3/h6-7,9,11,16-17,27-28H,8,10,12-15,18-19H2,1-5H3/b23-17-,27-22?. The third-order valence-corrected chi connectivity index (χ3v) is 9.04. The van der Waals surface area contributed by atoms with Crippen molar-refractivity contribution >= 4 is 33.2 Å². The number of hydrogen-bond acceptors (Lipinski definition) is 8. The topological polar surface area (TPSA) is 71.9 Å². The Balaban J connectivity index is 1.52. The van der Waals surface area contributed by atoms with Crippen LogP contribution in [0.15, 0.2) is 42.4 Å². The molecule has 9 heteroatoms. The van der Waals surface area contributed by atoms with Gasteiger partial charge >= 0.3 is 0 Å². The highest BCUT2D eigenvalue weighted by atomic mass is 33.1. The molecule has 1 aromatic carbocycles. The van der Waals surface area contributed by atoms with E-state index in [-0.39, 0.29) is 10.7 Å². The van der Waals surface area contributed by atoms with Crippen molar-refractivity contribution < 1.29 is 9.53 Å². The lowest BCUT2D eigenvalue weighted by molar-refractivity contribution is -0.133. The quantitative estimate of drug-likeness (QED) is 0.424. The highest BCUT2D eigenvalue weighted by Crippen LogP contribution is 2.37. The van der Waals surface area contributed by atoms with Crippen molar-refractivity contribution in [2.75, 3.05) is 46.6 Å². The minimum Gasteiger partial charge on any atom is -0.496 e. The summed E-state index contributed by atoms with van der Waals surface area (Å²) in [7, 11) is 7.16. The fourth-order valence-corrected chi connectivity index (χ4v) is 6.61. The van der Waals surface area contributed by atoms with Crippen molar-refractivity contribution in [3.05, 3.63) is 53.5 Å². The molecule has 0 atom stereocenters. The Hall–Kier alpha value is -2.10. The molecule has 7 nitrogen and oxygen atoms in total. The van der Waals surface area contributed by atoms with Gasteiger partial charge in [0.05, 0.1) is 25.1 Å². The molecule has 192 valence electrons. The molecule has 2 aliphatic rings. The summed E-state index contributed by atoms with van der Waals surface area (Å²) < 4.78 is 5.84. The van der Waals surface area contributed by atoms with Crippen molar-refractivity contribution in [3.8, 4) is 5.75 Å². The summed E-state index contributed by atoms with van der Waals surface area (Å²) in [6.45, 7) is 9.26. The average molecular weight is 518 g/mol. The van der Waals surface area contributed by atoms with Crippen LogP contribution in [0.5, 0.6) is 5.75 Å². The summed E-state index contributed by atoms with van der Waals surface area (Å²) in [6, 6.07) is 6.40. The van der Waals surface area contributed by atoms with Crippen LogP contribution >= 0.6 is 21.6 Å². The molecule has 2 heterocycles. The molecule has 0 spiro atoms. The van der Waals surface area contributed by atoms with Crippen LogP contribution in [0.25, 0.3) is 0 Å². The summed E-state index contributed by atoms with van der Waals surface area (Å²) in [6.07, 6.45) is 9.20. The van der Waals surface area contributed by atoms with Gasteiger partial charge in [0.1, 0.15) is 5.75 Å². The molecule has 2 N–H and O–H groups in total. The second kappa shape index (κ2) is 12.7. The van der Waals surface area contributed by atoms with Gasteiger partial charge in [0, 0.05) is 68.9 Å². The minimum absolute atomic E-state index is 0.125. The van der Waals surface area contributed by atoms with Crippen LogP contribution in [0.4, 0.5) is 0 Å². The number of ether oxygens (including phenoxy) is 1. The molecule has 2 aliphatic heterocycles. The molecule has 0 aromatic heterocycles. The molecule has 0 unspecified atom stereocenters. The maximum absolute atomic E-state index is 12.7. The Labute approximate surface area is 218 Å². The zero-order valence-electron chi connectivity index (χ0n) is 21.6. The number of carbonyl (C=O) groups excluding carboxylic acids is 1. The highest BCUT2D eigenvalue weighted by molar-refractivity contribution is 8.76. The smallest absolute Gasteiger partial charge is 0.222 e. The van der Waals surface area contributed by atoms with Gasteiger partial charge in [-0.05, 0) is 44.2 Å². The predicted molar refractivity (Wildman–Crippen MR) is 149 cm³/mol. The molecular weight excluding hydrogens is 478 g/mol. The minimum atomic E-state index is 0.125. The van der Waals surface area contributed by atoms with Gasteiger partial charge in [-0.2, -0.15) is 0 Å². The molecule has 1 fully saturated rings. The fraction of sp³-hybridized carbons (Fsp3) is 0.538. The maximum Gasteiger partial charge on any atom is 0.222 e. The summed E-state index contributed by atoms with van der Waals surface area (Å²) in [4.78, 5) is 19.2. The van der Waals surface area contributed by atoms with Gasteiger partial charge in [0.15, 0.2) is 0 Å². The normalized spacial score (nSPS) is 18.0. The Morgan fingerprint density at radius 1 is 1.23 bits per heavy atom. The maximum atomic E-state index is 12.7. The zero-order chi connectivity index (χ0) is 25.4. The van der Waals surface area contributed by atoms with Crippen LogP contribution in [0.2, 0.25) is 0 Å². The van der Waals surface area contributed by atoms with Gasteiger partial charge in [0.2, 0.25) is 5.91 Å². The number of allylic oxidation sites excluding steroid dienone is 1. The second-order valence-electron chi connectivity index (χ2n) is 9.49. The van der Waals surface area contributed by atoms with E-state index >= 15 is 0 Å². The van der Waals surface area contributed by atoms with E-state index in [1.165, 1.54) is 5.56 Å². The molecule has 35 heavy (non-hydrogen) atoms. The van der Waals surface area contributed by atoms with E-state index in [4.69, 9.17) is 10.1 Å². The first-order chi connectivity index (χ1) is 16.8. The molecule has 1 aromatic rings. The first-order valence-electron chi connectivity index (χ1n) is 12.0. The fourth-order valence-electron chi connectivity index (χ4n) is 4.37. The van der Waals surface area contributed by atoms with E-state index in [2.05, 4.69) is 48.5 Å². The van der Waals surface area contributed by atoms with Crippen molar-refractivity contribution in [2.45, 2.75) is 44.5 Å². The van der Waals surface area contributed by atoms with Crippen molar-refractivity contribution in [3.63, 3.8) is 0 Å². The van der Waals surface area contributed by atoms with Gasteiger partial charge in [-0.3, -0.25) is 15.1 Å². The average Bonchev–Trinajstić information content (AvgIpc) is 3.18. The Morgan fingerprint density at radius 3 is 2.63 bits per heavy atom. The number of methoxy groups -OCH3 is 1. The van der Waals surface area contributed by atoms with Gasteiger partial charge in [-0.25, -0.2) is 0 Å². The molecule has 3 rings (SSSR count). The molecule has 0 bridgehead atoms. The van der Waals surface area contributed by atoms with E-state index in [1.807, 2.05) is 40.0 Å². The summed E-state index contributed by atoms with van der Waals surface area (Å²) in [5.41, 5.74) is 3.63. The second-order valence-corrected chi connectivity index (χ2v) is 12.6. The third-order valence-electron chi connectivity index (χ3n) is 6.36. The number of piperazine rings is 1. The van der Waals surface area contributed by atoms with Crippen LogP contribution in [0, 0.1) is 5.41 Å². The lowest BCUT2D eigenvalue weighted by Gasteiger charge is -2.35. The van der Waals surface area contributed by atoms with Crippen LogP contribution in [-0.4, -0.2) is 77.7 Å². The Bertz CT molecular complexity index is 955. The van der Waals surface area contributed by atoms with Crippen molar-refractivity contribution in [1.29, 1.82) is 5.41 Å². The summed E-state index contributed by atoms with van der Waals surface area (Å²) >= 11 is 0. The number of carbonyl (C=O) groups is 1. The van der Waals surface area contributed by atoms with Gasteiger partial charge in [0.25, 0.3) is 0 Å². The summed E-state index contributed by atoms with van der Waals surface area (Å²) in [5.74, 6) is 1.14. The van der Waals surface area contributed by atoms with Gasteiger partial charge < -0.3 is 19.9 Å². The largest absolute Gasteiger partial charge is 0.496 e. The van der Waals surface area contributed by atoms with E-state index in [9.17, 15) is 4.79 Å². The zero-order valence-corrected chi connectivity index (χ0v) is 23.2. The lowest BCUT2D eigenvalue weighted by Crippen LogP contribution is -2.48. The van der Waals surface area contributed by atoms with Crippen LogP contribution in [-0.2, 0) is 17.9 Å². The van der Waals surface area contributed by atoms with Crippen molar-refractivity contribution in [1.82, 2.24) is 20.0 Å². The molecule has 0 radical (unpaired) electrons. The lowest BCUT2D eigenvalue weighted by atomic mass is 10.1. The molecule has 0 aliphatic carbocycles. The number of benzene rings is 1. The number of nitrogens with zero attached hydrogens (tertiary/aromatic N) is 3. The highest BCUT2D eigenvalue weighted by Gasteiger charge is 2.25. The van der Waals surface area contributed by atoms with Gasteiger partial charge in [-0.1, -0.05) is 33.7 Å². The SMILES string of the molecule is CN/C=C1/C(=N)C=CN1Cc1ccc(CN2CCN(C(=O)CCC(C)(C)SSC)CC2)cc1OC. The third kappa shape index (κ3) is 7.69. The van der Waals surface area contributed by atoms with Crippen molar-refractivity contribution in [2.24, 2.45) is 0 Å². The van der Waals surface area contributed by atoms with Crippen LogP contribution < -0.4 is 10.1 Å². The predicted octanol–water partition coefficient (Wildman–Crippen LogP) is 4.32. The first-order valence-corrected chi connectivity index (χ1v) is 14.6. The molecule has 1 amide bonds. The van der Waals surface area contributed by atoms with E-state index in [0.29, 0.717) is 18.7 Å². The van der Waals surface area contributed by atoms with Crippen LogP contribution in [0.1, 0.15) is 37.8 Å². The Kier molecular flexibility index (Phi) is 10.0. The van der Waals surface area contributed by atoms with E-state index in [0.717, 1.165) is 56.2 Å². The number of amides is 1. The first kappa shape index (κ1) is 27.5.